The van der Waals surface area contributed by atoms with Crippen LogP contribution in [-0.2, 0) is 4.79 Å². The van der Waals surface area contributed by atoms with Gasteiger partial charge in [0.2, 0.25) is 5.91 Å². The first kappa shape index (κ1) is 20.2. The van der Waals surface area contributed by atoms with Crippen molar-refractivity contribution in [1.29, 1.82) is 0 Å². The largest absolute Gasteiger partial charge is 0.469 e. The number of piperazine rings is 1. The fraction of sp³-hybridized carbons (Fsp3) is 0.542. The third kappa shape index (κ3) is 5.28. The minimum Gasteiger partial charge on any atom is -0.469 e. The zero-order valence-electron chi connectivity index (χ0n) is 17.5. The van der Waals surface area contributed by atoms with Crippen molar-refractivity contribution < 1.29 is 9.21 Å². The average Bonchev–Trinajstić information content (AvgIpc) is 3.29. The summed E-state index contributed by atoms with van der Waals surface area (Å²) >= 11 is 0. The fourth-order valence-corrected chi connectivity index (χ4v) is 4.62. The summed E-state index contributed by atoms with van der Waals surface area (Å²) in [6, 6.07) is 14.1. The van der Waals surface area contributed by atoms with E-state index in [-0.39, 0.29) is 11.8 Å². The first-order valence-electron chi connectivity index (χ1n) is 11.0. The van der Waals surface area contributed by atoms with E-state index in [0.717, 1.165) is 43.2 Å². The first-order valence-corrected chi connectivity index (χ1v) is 11.0. The third-order valence-electron chi connectivity index (χ3n) is 6.55. The lowest BCUT2D eigenvalue weighted by molar-refractivity contribution is -0.133. The van der Waals surface area contributed by atoms with Gasteiger partial charge < -0.3 is 19.1 Å². The molecule has 1 atom stereocenters. The van der Waals surface area contributed by atoms with Gasteiger partial charge in [0, 0.05) is 52.2 Å². The van der Waals surface area contributed by atoms with E-state index in [1.807, 2.05) is 30.3 Å². The summed E-state index contributed by atoms with van der Waals surface area (Å²) in [7, 11) is 2.20. The minimum atomic E-state index is -0.0123. The highest BCUT2D eigenvalue weighted by atomic mass is 16.3. The maximum Gasteiger partial charge on any atom is 0.223 e. The Morgan fingerprint density at radius 1 is 1.00 bits per heavy atom. The minimum absolute atomic E-state index is 0.0123. The molecule has 5 nitrogen and oxygen atoms in total. The topological polar surface area (TPSA) is 39.9 Å². The number of piperidine rings is 1. The van der Waals surface area contributed by atoms with Gasteiger partial charge in [0.1, 0.15) is 5.76 Å². The molecule has 0 N–H and O–H groups in total. The molecule has 0 aliphatic carbocycles. The van der Waals surface area contributed by atoms with Gasteiger partial charge in [-0.3, -0.25) is 4.79 Å². The van der Waals surface area contributed by atoms with Crippen LogP contribution in [0.15, 0.2) is 53.1 Å². The van der Waals surface area contributed by atoms with Gasteiger partial charge in [0.05, 0.1) is 12.2 Å². The highest BCUT2D eigenvalue weighted by Crippen LogP contribution is 2.30. The number of carbonyl (C=O) groups excluding carboxylic acids is 1. The first-order chi connectivity index (χ1) is 14.2. The smallest absolute Gasteiger partial charge is 0.223 e. The van der Waals surface area contributed by atoms with Crippen molar-refractivity contribution in [1.82, 2.24) is 14.7 Å². The van der Waals surface area contributed by atoms with Crippen LogP contribution in [0, 0.1) is 5.92 Å². The van der Waals surface area contributed by atoms with E-state index in [1.165, 1.54) is 32.7 Å². The van der Waals surface area contributed by atoms with Crippen molar-refractivity contribution in [2.24, 2.45) is 5.92 Å². The van der Waals surface area contributed by atoms with Crippen molar-refractivity contribution in [2.45, 2.75) is 25.2 Å². The van der Waals surface area contributed by atoms with Gasteiger partial charge in [-0.2, -0.15) is 0 Å². The number of furan rings is 1. The maximum absolute atomic E-state index is 13.1. The molecule has 2 saturated heterocycles. The molecule has 0 spiro atoms. The van der Waals surface area contributed by atoms with Gasteiger partial charge in [0.25, 0.3) is 0 Å². The average molecular weight is 396 g/mol. The van der Waals surface area contributed by atoms with Crippen LogP contribution in [0.5, 0.6) is 0 Å². The monoisotopic (exact) mass is 395 g/mol. The van der Waals surface area contributed by atoms with Crippen LogP contribution in [-0.4, -0.2) is 73.5 Å². The predicted octanol–water partition coefficient (Wildman–Crippen LogP) is 3.29. The van der Waals surface area contributed by atoms with Gasteiger partial charge in [0.15, 0.2) is 0 Å². The van der Waals surface area contributed by atoms with Crippen LogP contribution in [0.25, 0.3) is 0 Å². The molecule has 1 amide bonds. The van der Waals surface area contributed by atoms with Gasteiger partial charge in [-0.1, -0.05) is 30.3 Å². The summed E-state index contributed by atoms with van der Waals surface area (Å²) in [4.78, 5) is 20.2. The van der Waals surface area contributed by atoms with Gasteiger partial charge >= 0.3 is 0 Å². The number of carbonyl (C=O) groups is 1. The summed E-state index contributed by atoms with van der Waals surface area (Å²) in [6.07, 6.45) is 4.41. The number of hydrogen-bond donors (Lipinski definition) is 0. The molecule has 1 aromatic carbocycles. The normalized spacial score (nSPS) is 20.7. The van der Waals surface area contributed by atoms with Gasteiger partial charge in [-0.15, -0.1) is 0 Å². The van der Waals surface area contributed by atoms with Crippen molar-refractivity contribution in [3.63, 3.8) is 0 Å². The van der Waals surface area contributed by atoms with Crippen molar-refractivity contribution in [3.8, 4) is 0 Å². The lowest BCUT2D eigenvalue weighted by Crippen LogP contribution is -2.48. The van der Waals surface area contributed by atoms with Crippen LogP contribution in [0.4, 0.5) is 0 Å². The molecule has 2 fully saturated rings. The predicted molar refractivity (Wildman–Crippen MR) is 115 cm³/mol. The zero-order valence-corrected chi connectivity index (χ0v) is 17.5. The van der Waals surface area contributed by atoms with E-state index in [9.17, 15) is 4.79 Å². The second-order valence-electron chi connectivity index (χ2n) is 8.61. The summed E-state index contributed by atoms with van der Waals surface area (Å²) in [5, 5.41) is 0. The molecular formula is C24H33N3O2. The third-order valence-corrected chi connectivity index (χ3v) is 6.55. The molecular weight excluding hydrogens is 362 g/mol. The summed E-state index contributed by atoms with van der Waals surface area (Å²) in [6.45, 7) is 7.66. The molecule has 2 aliphatic rings. The molecule has 5 heteroatoms. The summed E-state index contributed by atoms with van der Waals surface area (Å²) < 4.78 is 5.67. The number of likely N-dealkylation sites (tertiary alicyclic amines) is 1. The number of nitrogens with zero attached hydrogens (tertiary/aromatic N) is 3. The number of hydrogen-bond acceptors (Lipinski definition) is 4. The fourth-order valence-electron chi connectivity index (χ4n) is 4.62. The Balaban J connectivity index is 1.30. The van der Waals surface area contributed by atoms with Crippen LogP contribution in [0.1, 0.15) is 36.5 Å². The second-order valence-corrected chi connectivity index (χ2v) is 8.61. The van der Waals surface area contributed by atoms with E-state index >= 15 is 0 Å². The van der Waals surface area contributed by atoms with E-state index in [1.54, 1.807) is 6.26 Å². The molecule has 0 radical (unpaired) electrons. The van der Waals surface area contributed by atoms with E-state index in [0.29, 0.717) is 6.42 Å². The quantitative estimate of drug-likeness (QED) is 0.753. The van der Waals surface area contributed by atoms with Crippen LogP contribution >= 0.6 is 0 Å². The second kappa shape index (κ2) is 9.59. The Kier molecular flexibility index (Phi) is 6.67. The lowest BCUT2D eigenvalue weighted by Gasteiger charge is -2.38. The molecule has 2 aliphatic heterocycles. The van der Waals surface area contributed by atoms with Crippen molar-refractivity contribution in [3.05, 3.63) is 60.1 Å². The number of likely N-dealkylation sites (N-methyl/N-ethyl adjacent to an activating group) is 1. The maximum atomic E-state index is 13.1. The Hall–Kier alpha value is -2.11. The molecule has 29 heavy (non-hydrogen) atoms. The Bertz CT molecular complexity index is 746. The van der Waals surface area contributed by atoms with E-state index < -0.39 is 0 Å². The molecule has 3 heterocycles. The number of amides is 1. The van der Waals surface area contributed by atoms with Gasteiger partial charge in [-0.25, -0.2) is 0 Å². The van der Waals surface area contributed by atoms with E-state index in [4.69, 9.17) is 4.42 Å². The van der Waals surface area contributed by atoms with Crippen LogP contribution < -0.4 is 0 Å². The zero-order chi connectivity index (χ0) is 20.1. The molecule has 1 unspecified atom stereocenters. The summed E-state index contributed by atoms with van der Waals surface area (Å²) in [5.74, 6) is 1.82. The lowest BCUT2D eigenvalue weighted by atomic mass is 9.91. The highest BCUT2D eigenvalue weighted by Gasteiger charge is 2.28. The molecule has 2 aromatic rings. The Morgan fingerprint density at radius 2 is 1.72 bits per heavy atom. The highest BCUT2D eigenvalue weighted by molar-refractivity contribution is 5.77. The Morgan fingerprint density at radius 3 is 2.38 bits per heavy atom. The van der Waals surface area contributed by atoms with Crippen molar-refractivity contribution in [2.75, 3.05) is 52.9 Å². The summed E-state index contributed by atoms with van der Waals surface area (Å²) in [5.41, 5.74) is 1.14. The van der Waals surface area contributed by atoms with Crippen LogP contribution in [0.3, 0.4) is 0 Å². The molecule has 0 bridgehead atoms. The molecule has 4 rings (SSSR count). The Labute approximate surface area is 174 Å². The standard InChI is InChI=1S/C24H33N3O2/c1-25-13-15-26(16-14-25)19-20-9-11-27(12-10-20)24(28)18-22(23-8-5-17-29-23)21-6-3-2-4-7-21/h2-8,17,20,22H,9-16,18-19H2,1H3. The van der Waals surface area contributed by atoms with E-state index in [2.05, 4.69) is 33.9 Å². The van der Waals surface area contributed by atoms with Gasteiger partial charge in [-0.05, 0) is 43.5 Å². The number of rotatable bonds is 6. The van der Waals surface area contributed by atoms with Crippen molar-refractivity contribution >= 4 is 5.91 Å². The SMILES string of the molecule is CN1CCN(CC2CCN(C(=O)CC(c3ccccc3)c3ccco3)CC2)CC1. The molecule has 156 valence electrons. The molecule has 0 saturated carbocycles. The number of benzene rings is 1. The van der Waals surface area contributed by atoms with Crippen LogP contribution in [0.2, 0.25) is 0 Å². The molecule has 1 aromatic heterocycles.